The lowest BCUT2D eigenvalue weighted by Crippen LogP contribution is -2.60. The van der Waals surface area contributed by atoms with Crippen LogP contribution in [0.4, 0.5) is 15.3 Å². The largest absolute Gasteiger partial charge is 0.457 e. The molecule has 72 heavy (non-hydrogen) atoms. The zero-order valence-corrected chi connectivity index (χ0v) is 43.5. The Hall–Kier alpha value is -5.51. The maximum absolute atomic E-state index is 14.3. The molecular formula is C50H65ClN6O14S. The highest BCUT2D eigenvalue weighted by Gasteiger charge is 2.64. The number of ether oxygens (including phenoxy) is 3. The number of amides is 8. The number of aryl methyl sites for hydroxylation is 1. The third kappa shape index (κ3) is 11.8. The molecule has 22 heteroatoms. The number of nitrogens with one attached hydrogen (secondary N) is 1. The summed E-state index contributed by atoms with van der Waals surface area (Å²) in [6.45, 7) is 11.3. The first kappa shape index (κ1) is 54.3. The Bertz CT molecular complexity index is 2430. The van der Waals surface area contributed by atoms with Crippen molar-refractivity contribution >= 4 is 82.6 Å². The number of likely N-dealkylation sites (N-methyl/N-ethyl adjacent to an activating group) is 1. The summed E-state index contributed by atoms with van der Waals surface area (Å²) in [5, 5.41) is 14.5. The summed E-state index contributed by atoms with van der Waals surface area (Å²) in [4.78, 5) is 128. The minimum Gasteiger partial charge on any atom is -0.457 e. The first-order chi connectivity index (χ1) is 33.9. The number of hydrogen-bond acceptors (Lipinski definition) is 15. The normalized spacial score (nSPS) is 31.1. The zero-order chi connectivity index (χ0) is 52.6. The van der Waals surface area contributed by atoms with Crippen molar-refractivity contribution in [2.75, 3.05) is 44.4 Å². The third-order valence-electron chi connectivity index (χ3n) is 15.0. The molecule has 1 aromatic carbocycles. The van der Waals surface area contributed by atoms with Gasteiger partial charge in [0.05, 0.1) is 28.5 Å². The number of esters is 1. The Kier molecular flexibility index (Phi) is 16.5. The molecule has 392 valence electrons. The molecule has 4 bridgehead atoms. The smallest absolute Gasteiger partial charge is 0.434 e. The molecule has 6 heterocycles. The number of hydroxylamine groups is 2. The van der Waals surface area contributed by atoms with E-state index in [0.717, 1.165) is 16.7 Å². The number of carbonyl (C=O) groups is 9. The predicted octanol–water partition coefficient (Wildman–Crippen LogP) is 4.60. The van der Waals surface area contributed by atoms with E-state index in [4.69, 9.17) is 30.6 Å². The number of alkyl carbamates (subject to hydrolysis) is 1. The van der Waals surface area contributed by atoms with Gasteiger partial charge in [0.2, 0.25) is 23.6 Å². The Morgan fingerprint density at radius 3 is 2.38 bits per heavy atom. The number of allylic oxidation sites excluding steroid dienone is 3. The summed E-state index contributed by atoms with van der Waals surface area (Å²) in [5.74, 6) is -4.52. The number of fused-ring (bicyclic) bond motifs is 5. The van der Waals surface area contributed by atoms with Crippen LogP contribution < -0.4 is 10.2 Å². The first-order valence-electron chi connectivity index (χ1n) is 24.4. The lowest BCUT2D eigenvalue weighted by atomic mass is 9.82. The van der Waals surface area contributed by atoms with Gasteiger partial charge >= 0.3 is 18.2 Å². The van der Waals surface area contributed by atoms with Crippen LogP contribution in [0.5, 0.6) is 0 Å². The molecule has 9 atom stereocenters. The van der Waals surface area contributed by atoms with E-state index in [1.54, 1.807) is 27.8 Å². The fourth-order valence-electron chi connectivity index (χ4n) is 9.95. The minimum atomic E-state index is -1.66. The number of carbonyl (C=O) groups excluding carboxylic acids is 9. The van der Waals surface area contributed by atoms with Gasteiger partial charge in [-0.2, -0.15) is 0 Å². The van der Waals surface area contributed by atoms with Crippen molar-refractivity contribution in [3.63, 3.8) is 0 Å². The molecule has 0 aromatic heterocycles. The highest BCUT2D eigenvalue weighted by Crippen LogP contribution is 2.49. The van der Waals surface area contributed by atoms with Crippen LogP contribution in [0.2, 0.25) is 5.02 Å². The van der Waals surface area contributed by atoms with Gasteiger partial charge < -0.3 is 38.9 Å². The van der Waals surface area contributed by atoms with Crippen molar-refractivity contribution in [2.24, 2.45) is 17.8 Å². The molecule has 0 saturated carbocycles. The summed E-state index contributed by atoms with van der Waals surface area (Å²) in [7, 11) is 3.04. The van der Waals surface area contributed by atoms with Crippen molar-refractivity contribution in [1.29, 1.82) is 0 Å². The summed E-state index contributed by atoms with van der Waals surface area (Å²) >= 11 is 7.99. The third-order valence-corrected chi connectivity index (χ3v) is 16.7. The molecule has 5 fully saturated rings. The topological polar surface area (TPSA) is 242 Å². The van der Waals surface area contributed by atoms with Gasteiger partial charge in [-0.25, -0.2) is 14.4 Å². The number of epoxide rings is 1. The average Bonchev–Trinajstić information content (AvgIpc) is 3.84. The van der Waals surface area contributed by atoms with Crippen LogP contribution in [0, 0.1) is 24.7 Å². The number of aliphatic hydroxyl groups is 1. The van der Waals surface area contributed by atoms with Crippen LogP contribution in [0.25, 0.3) is 0 Å². The number of thioether (sulfide) groups is 1. The molecular weight excluding hydrogens is 976 g/mol. The van der Waals surface area contributed by atoms with Gasteiger partial charge in [0.25, 0.3) is 11.8 Å². The maximum Gasteiger partial charge on any atom is 0.434 e. The van der Waals surface area contributed by atoms with Crippen LogP contribution in [0.3, 0.4) is 0 Å². The molecule has 20 nitrogen and oxygen atoms in total. The lowest BCUT2D eigenvalue weighted by Gasteiger charge is -2.41. The van der Waals surface area contributed by atoms with Crippen molar-refractivity contribution < 1.29 is 67.3 Å². The molecule has 0 aliphatic carbocycles. The van der Waals surface area contributed by atoms with Gasteiger partial charge in [-0.1, -0.05) is 55.3 Å². The van der Waals surface area contributed by atoms with Gasteiger partial charge in [0.1, 0.15) is 29.6 Å². The molecule has 6 aliphatic heterocycles. The van der Waals surface area contributed by atoms with Gasteiger partial charge in [-0.15, -0.1) is 16.8 Å². The molecule has 2 N–H and O–H groups in total. The number of anilines is 1. The van der Waals surface area contributed by atoms with Crippen LogP contribution >= 0.6 is 23.4 Å². The SMILES string of the molecule is C/C1=C\C=C\[C@@H](C)[C@@]2(O)CC(OC(=O)N2)[C@@H](C)[C@@H]2O[C@@]2(C)[C@@H](OC(=O)[C@H](C)N(C)C(=O)CCSC2CC(=O)N(CC3CCN(C(=O)ON4C(=O)CCC4=O)CC3)C2=O)CC(=O)N(C)c2cc(cc(C)c2Cl)C1. The highest BCUT2D eigenvalue weighted by molar-refractivity contribution is 8.00. The number of nitrogens with zero attached hydrogens (tertiary/aromatic N) is 5. The first-order valence-corrected chi connectivity index (χ1v) is 25.9. The van der Waals surface area contributed by atoms with Gasteiger partial charge in [0, 0.05) is 83.4 Å². The van der Waals surface area contributed by atoms with E-state index in [0.29, 0.717) is 35.0 Å². The second-order valence-electron chi connectivity index (χ2n) is 20.2. The Balaban J connectivity index is 0.969. The van der Waals surface area contributed by atoms with Crippen molar-refractivity contribution in [2.45, 2.75) is 140 Å². The Morgan fingerprint density at radius 2 is 1.69 bits per heavy atom. The number of imide groups is 2. The molecule has 7 rings (SSSR count). The number of hydrogen-bond donors (Lipinski definition) is 2. The van der Waals surface area contributed by atoms with E-state index >= 15 is 0 Å². The zero-order valence-electron chi connectivity index (χ0n) is 42.0. The fraction of sp³-hybridized carbons (Fsp3) is 0.620. The molecule has 2 unspecified atom stereocenters. The van der Waals surface area contributed by atoms with E-state index in [2.05, 4.69) is 5.32 Å². The van der Waals surface area contributed by atoms with Crippen LogP contribution in [-0.4, -0.2) is 159 Å². The van der Waals surface area contributed by atoms with Gasteiger partial charge in [-0.3, -0.25) is 39.0 Å². The van der Waals surface area contributed by atoms with E-state index in [1.165, 1.54) is 45.3 Å². The highest BCUT2D eigenvalue weighted by atomic mass is 35.5. The lowest BCUT2D eigenvalue weighted by molar-refractivity contribution is -0.174. The van der Waals surface area contributed by atoms with Crippen molar-refractivity contribution in [3.8, 4) is 0 Å². The molecule has 1 aromatic rings. The summed E-state index contributed by atoms with van der Waals surface area (Å²) in [5.41, 5.74) is 0.166. The maximum atomic E-state index is 14.3. The Morgan fingerprint density at radius 1 is 1.01 bits per heavy atom. The van der Waals surface area contributed by atoms with E-state index in [1.807, 2.05) is 44.2 Å². The van der Waals surface area contributed by atoms with E-state index in [9.17, 15) is 48.3 Å². The second-order valence-corrected chi connectivity index (χ2v) is 21.9. The van der Waals surface area contributed by atoms with Crippen molar-refractivity contribution in [3.05, 3.63) is 52.1 Å². The number of halogens is 1. The van der Waals surface area contributed by atoms with Crippen molar-refractivity contribution in [1.82, 2.24) is 25.1 Å². The summed E-state index contributed by atoms with van der Waals surface area (Å²) < 4.78 is 18.2. The fourth-order valence-corrected chi connectivity index (χ4v) is 11.3. The molecule has 6 aliphatic rings. The molecule has 0 radical (unpaired) electrons. The minimum absolute atomic E-state index is 0.0164. The van der Waals surface area contributed by atoms with Crippen LogP contribution in [0.15, 0.2) is 35.9 Å². The summed E-state index contributed by atoms with van der Waals surface area (Å²) in [6.07, 6.45) is 2.22. The molecule has 0 spiro atoms. The number of rotatable bonds is 10. The number of piperidine rings is 1. The molecule has 8 amide bonds. The van der Waals surface area contributed by atoms with E-state index in [-0.39, 0.29) is 81.6 Å². The molecule has 5 saturated heterocycles. The quantitative estimate of drug-likeness (QED) is 0.185. The van der Waals surface area contributed by atoms with E-state index < -0.39 is 94.6 Å². The Labute approximate surface area is 428 Å². The van der Waals surface area contributed by atoms with Gasteiger partial charge in [-0.05, 0) is 70.1 Å². The monoisotopic (exact) mass is 1040 g/mol. The van der Waals surface area contributed by atoms with Crippen LogP contribution in [-0.2, 0) is 59.0 Å². The standard InChI is InChI=1S/C50H65ClN6O14S/c1-27-10-9-11-29(3)50(67)25-35(68-47(65)52-50)30(4)44-49(6,70-44)37(24-41(61)54(8)34-22-33(20-27)21-28(2)43(34)51)69-46(64)31(5)53(7)38(58)16-19-72-36-23-42(62)56(45(36)63)26-32-14-17-55(18-15-32)48(66)71-57-39(59)12-13-40(57)60/h9-11,21-22,29-32,35-37,44,67H,12-20,23-26H2,1-8H3,(H,52,65)/b11-9+,27-10+/t29-,30-,31+,35?,36?,37+,44+,49+,50+/m1/s1. The average molecular weight is 1040 g/mol. The number of likely N-dealkylation sites (tertiary alicyclic amines) is 2. The second kappa shape index (κ2) is 21.9. The van der Waals surface area contributed by atoms with Crippen LogP contribution in [0.1, 0.15) is 97.1 Å². The number of benzene rings is 1. The summed E-state index contributed by atoms with van der Waals surface area (Å²) in [6, 6.07) is 2.65. The predicted molar refractivity (Wildman–Crippen MR) is 262 cm³/mol. The van der Waals surface area contributed by atoms with Gasteiger partial charge in [0.15, 0.2) is 0 Å².